The molecule has 0 radical (unpaired) electrons. The van der Waals surface area contributed by atoms with E-state index in [-0.39, 0.29) is 24.9 Å². The fourth-order valence-electron chi connectivity index (χ4n) is 2.53. The molecule has 8 heteroatoms. The van der Waals surface area contributed by atoms with Crippen molar-refractivity contribution >= 4 is 10.1 Å². The Labute approximate surface area is 145 Å². The minimum atomic E-state index is -3.84. The molecule has 2 heterocycles. The predicted octanol–water partition coefficient (Wildman–Crippen LogP) is 2.27. The van der Waals surface area contributed by atoms with Crippen molar-refractivity contribution in [1.82, 2.24) is 0 Å². The molecule has 0 saturated carbocycles. The molecule has 2 aromatic rings. The van der Waals surface area contributed by atoms with Gasteiger partial charge in [0.25, 0.3) is 10.1 Å². The van der Waals surface area contributed by atoms with Crippen molar-refractivity contribution in [3.05, 3.63) is 42.0 Å². The van der Waals surface area contributed by atoms with Crippen LogP contribution in [0.15, 0.2) is 41.3 Å². The molecular weight excluding hydrogens is 348 g/mol. The van der Waals surface area contributed by atoms with Crippen molar-refractivity contribution in [3.8, 4) is 23.0 Å². The first-order valence-electron chi connectivity index (χ1n) is 7.70. The summed E-state index contributed by atoms with van der Waals surface area (Å²) in [4.78, 5) is 0.110. The summed E-state index contributed by atoms with van der Waals surface area (Å²) in [5.74, 6) is 2.16. The number of hydrogen-bond acceptors (Lipinski definition) is 7. The molecule has 0 fully saturated rings. The fourth-order valence-corrected chi connectivity index (χ4v) is 3.46. The van der Waals surface area contributed by atoms with Gasteiger partial charge in [0.15, 0.2) is 29.1 Å². The van der Waals surface area contributed by atoms with E-state index in [0.29, 0.717) is 23.0 Å². The molecule has 2 aliphatic rings. The molecule has 0 N–H and O–H groups in total. The van der Waals surface area contributed by atoms with Crippen molar-refractivity contribution in [2.75, 3.05) is 20.0 Å². The number of aryl methyl sites for hydroxylation is 1. The second kappa shape index (κ2) is 6.12. The van der Waals surface area contributed by atoms with E-state index in [4.69, 9.17) is 23.1 Å². The normalized spacial score (nSPS) is 18.2. The summed E-state index contributed by atoms with van der Waals surface area (Å²) >= 11 is 0. The van der Waals surface area contributed by atoms with Crippen LogP contribution >= 0.6 is 0 Å². The third-order valence-corrected chi connectivity index (χ3v) is 5.17. The molecule has 0 unspecified atom stereocenters. The first-order valence-corrected chi connectivity index (χ1v) is 9.11. The van der Waals surface area contributed by atoms with E-state index < -0.39 is 16.2 Å². The Morgan fingerprint density at radius 2 is 1.64 bits per heavy atom. The molecule has 1 atom stereocenters. The Kier molecular flexibility index (Phi) is 3.93. The van der Waals surface area contributed by atoms with Crippen LogP contribution in [-0.4, -0.2) is 34.5 Å². The van der Waals surface area contributed by atoms with Crippen molar-refractivity contribution in [2.24, 2.45) is 0 Å². The van der Waals surface area contributed by atoms with Crippen LogP contribution in [0, 0.1) is 6.92 Å². The van der Waals surface area contributed by atoms with E-state index in [0.717, 1.165) is 5.56 Å². The molecule has 0 spiro atoms. The van der Waals surface area contributed by atoms with Gasteiger partial charge in [-0.2, -0.15) is 8.42 Å². The van der Waals surface area contributed by atoms with E-state index in [9.17, 15) is 8.42 Å². The molecule has 132 valence electrons. The highest BCUT2D eigenvalue weighted by atomic mass is 32.2. The van der Waals surface area contributed by atoms with Gasteiger partial charge in [0.1, 0.15) is 13.2 Å². The van der Waals surface area contributed by atoms with Gasteiger partial charge in [-0.05, 0) is 19.1 Å². The average molecular weight is 364 g/mol. The zero-order valence-corrected chi connectivity index (χ0v) is 14.2. The van der Waals surface area contributed by atoms with Gasteiger partial charge < -0.3 is 18.9 Å². The van der Waals surface area contributed by atoms with Crippen molar-refractivity contribution in [1.29, 1.82) is 0 Å². The zero-order chi connectivity index (χ0) is 17.4. The Balaban J connectivity index is 1.43. The van der Waals surface area contributed by atoms with Gasteiger partial charge >= 0.3 is 0 Å². The van der Waals surface area contributed by atoms with Gasteiger partial charge in [0.2, 0.25) is 6.79 Å². The summed E-state index contributed by atoms with van der Waals surface area (Å²) in [7, 11) is -3.84. The maximum absolute atomic E-state index is 12.2. The van der Waals surface area contributed by atoms with E-state index in [1.165, 1.54) is 12.1 Å². The van der Waals surface area contributed by atoms with Crippen LogP contribution in [0.1, 0.15) is 5.56 Å². The maximum atomic E-state index is 12.2. The molecule has 0 bridgehead atoms. The lowest BCUT2D eigenvalue weighted by molar-refractivity contribution is 0.0553. The van der Waals surface area contributed by atoms with Gasteiger partial charge in [0, 0.05) is 12.1 Å². The third kappa shape index (κ3) is 3.22. The largest absolute Gasteiger partial charge is 0.486 e. The molecule has 0 aliphatic carbocycles. The minimum absolute atomic E-state index is 0.110. The van der Waals surface area contributed by atoms with Gasteiger partial charge in [-0.1, -0.05) is 17.7 Å². The number of hydrogen-bond donors (Lipinski definition) is 0. The molecule has 4 rings (SSSR count). The smallest absolute Gasteiger partial charge is 0.297 e. The first kappa shape index (κ1) is 16.0. The summed E-state index contributed by atoms with van der Waals surface area (Å²) in [5.41, 5.74) is 0.971. The van der Waals surface area contributed by atoms with Crippen LogP contribution in [-0.2, 0) is 14.3 Å². The molecule has 7 nitrogen and oxygen atoms in total. The lowest BCUT2D eigenvalue weighted by Gasteiger charge is -2.26. The molecule has 25 heavy (non-hydrogen) atoms. The van der Waals surface area contributed by atoms with E-state index in [2.05, 4.69) is 0 Å². The lowest BCUT2D eigenvalue weighted by Crippen LogP contribution is -2.34. The summed E-state index contributed by atoms with van der Waals surface area (Å²) in [6.45, 7) is 2.06. The van der Waals surface area contributed by atoms with Crippen LogP contribution in [0.4, 0.5) is 0 Å². The van der Waals surface area contributed by atoms with Gasteiger partial charge in [-0.15, -0.1) is 0 Å². The summed E-state index contributed by atoms with van der Waals surface area (Å²) < 4.78 is 51.5. The zero-order valence-electron chi connectivity index (χ0n) is 13.4. The number of ether oxygens (including phenoxy) is 4. The SMILES string of the molecule is Cc1ccc(S(=O)(=O)OC[C@H]2COc3cc4c(cc3O2)OCO4)cc1. The number of benzene rings is 2. The molecule has 0 amide bonds. The second-order valence-corrected chi connectivity index (χ2v) is 7.37. The Hall–Kier alpha value is -2.45. The van der Waals surface area contributed by atoms with Gasteiger partial charge in [-0.25, -0.2) is 0 Å². The Morgan fingerprint density at radius 1 is 1.00 bits per heavy atom. The van der Waals surface area contributed by atoms with E-state index in [1.807, 2.05) is 6.92 Å². The van der Waals surface area contributed by atoms with Crippen molar-refractivity contribution in [2.45, 2.75) is 17.9 Å². The lowest BCUT2D eigenvalue weighted by atomic mass is 10.2. The summed E-state index contributed by atoms with van der Waals surface area (Å²) in [6, 6.07) is 9.82. The quantitative estimate of drug-likeness (QED) is 0.770. The Bertz CT molecular complexity index is 890. The van der Waals surface area contributed by atoms with Crippen molar-refractivity contribution in [3.63, 3.8) is 0 Å². The highest BCUT2D eigenvalue weighted by molar-refractivity contribution is 7.86. The average Bonchev–Trinajstić information content (AvgIpc) is 3.05. The highest BCUT2D eigenvalue weighted by Crippen LogP contribution is 2.43. The Morgan fingerprint density at radius 3 is 2.36 bits per heavy atom. The predicted molar refractivity (Wildman–Crippen MR) is 86.8 cm³/mol. The van der Waals surface area contributed by atoms with Crippen LogP contribution in [0.5, 0.6) is 23.0 Å². The molecule has 0 saturated heterocycles. The van der Waals surface area contributed by atoms with Crippen LogP contribution in [0.3, 0.4) is 0 Å². The minimum Gasteiger partial charge on any atom is -0.486 e. The fraction of sp³-hybridized carbons (Fsp3) is 0.294. The van der Waals surface area contributed by atoms with Crippen LogP contribution in [0.25, 0.3) is 0 Å². The third-order valence-electron chi connectivity index (χ3n) is 3.88. The molecule has 0 aromatic heterocycles. The molecular formula is C17H16O7S. The first-order chi connectivity index (χ1) is 12.0. The van der Waals surface area contributed by atoms with Crippen molar-refractivity contribution < 1.29 is 31.5 Å². The maximum Gasteiger partial charge on any atom is 0.297 e. The summed E-state index contributed by atoms with van der Waals surface area (Å²) in [6.07, 6.45) is -0.548. The standard InChI is InChI=1S/C17H16O7S/c1-11-2-4-13(5-3-11)25(18,19)23-9-12-8-20-16-6-14-15(22-10-21-14)7-17(16)24-12/h2-7,12H,8-10H2,1H3/t12-/m1/s1. The number of rotatable bonds is 4. The summed E-state index contributed by atoms with van der Waals surface area (Å²) in [5, 5.41) is 0. The van der Waals surface area contributed by atoms with Crippen LogP contribution < -0.4 is 18.9 Å². The molecule has 2 aliphatic heterocycles. The second-order valence-electron chi connectivity index (χ2n) is 5.75. The van der Waals surface area contributed by atoms with Crippen LogP contribution in [0.2, 0.25) is 0 Å². The van der Waals surface area contributed by atoms with Gasteiger partial charge in [-0.3, -0.25) is 4.18 Å². The number of fused-ring (bicyclic) bond motifs is 2. The van der Waals surface area contributed by atoms with E-state index in [1.54, 1.807) is 24.3 Å². The topological polar surface area (TPSA) is 80.3 Å². The monoisotopic (exact) mass is 364 g/mol. The van der Waals surface area contributed by atoms with Gasteiger partial charge in [0.05, 0.1) is 4.90 Å². The van der Waals surface area contributed by atoms with E-state index >= 15 is 0 Å². The highest BCUT2D eigenvalue weighted by Gasteiger charge is 2.27. The molecule has 2 aromatic carbocycles.